The van der Waals surface area contributed by atoms with Gasteiger partial charge in [-0.25, -0.2) is 19.3 Å². The van der Waals surface area contributed by atoms with Gasteiger partial charge in [-0.05, 0) is 75.0 Å². The van der Waals surface area contributed by atoms with Crippen molar-refractivity contribution in [1.82, 2.24) is 40.0 Å². The molecule has 7 rings (SSSR count). The summed E-state index contributed by atoms with van der Waals surface area (Å²) in [7, 11) is 3.99. The number of aromatic amines is 2. The zero-order valence-corrected chi connectivity index (χ0v) is 23.6. The fourth-order valence-corrected chi connectivity index (χ4v) is 5.00. The number of imidazole rings is 1. The van der Waals surface area contributed by atoms with Crippen LogP contribution in [0.1, 0.15) is 12.8 Å². The quantitative estimate of drug-likeness (QED) is 0.187. The molecule has 0 radical (unpaired) electrons. The minimum atomic E-state index is -0.338. The molecule has 0 unspecified atom stereocenters. The van der Waals surface area contributed by atoms with Crippen molar-refractivity contribution in [3.63, 3.8) is 0 Å². The van der Waals surface area contributed by atoms with E-state index in [9.17, 15) is 9.18 Å². The van der Waals surface area contributed by atoms with Crippen LogP contribution in [0.25, 0.3) is 56.1 Å². The van der Waals surface area contributed by atoms with Crippen molar-refractivity contribution in [1.29, 1.82) is 0 Å². The van der Waals surface area contributed by atoms with E-state index in [-0.39, 0.29) is 17.6 Å². The first-order valence-corrected chi connectivity index (χ1v) is 14.1. The SMILES string of the molecule is CN(C)CCNc1cc(F)cc(-c2ccnc3nc(-c4n[nH]c5ccc(-c6cncc(NC(=O)C7CC7)c6)nc45)[nH]c23)c1. The Bertz CT molecular complexity index is 1980. The molecule has 0 bridgehead atoms. The monoisotopic (exact) mass is 576 g/mol. The number of anilines is 2. The second-order valence-corrected chi connectivity index (χ2v) is 11.0. The van der Waals surface area contributed by atoms with Gasteiger partial charge in [0.2, 0.25) is 5.91 Å². The zero-order valence-electron chi connectivity index (χ0n) is 23.6. The Morgan fingerprint density at radius 1 is 1.05 bits per heavy atom. The first-order valence-electron chi connectivity index (χ1n) is 14.1. The number of benzene rings is 1. The molecule has 6 aromatic rings. The molecule has 1 aromatic carbocycles. The van der Waals surface area contributed by atoms with Crippen molar-refractivity contribution in [3.8, 4) is 33.9 Å². The minimum absolute atomic E-state index is 0.0207. The Hall–Kier alpha value is -5.23. The number of nitrogens with one attached hydrogen (secondary N) is 4. The molecular formula is C31H29FN10O. The van der Waals surface area contributed by atoms with Gasteiger partial charge in [0.05, 0.1) is 28.6 Å². The number of rotatable bonds is 9. The molecular weight excluding hydrogens is 547 g/mol. The third-order valence-corrected chi connectivity index (χ3v) is 7.37. The fourth-order valence-electron chi connectivity index (χ4n) is 5.00. The highest BCUT2D eigenvalue weighted by molar-refractivity contribution is 5.96. The van der Waals surface area contributed by atoms with Crippen LogP contribution in [0.5, 0.6) is 0 Å². The van der Waals surface area contributed by atoms with Gasteiger partial charge >= 0.3 is 0 Å². The summed E-state index contributed by atoms with van der Waals surface area (Å²) in [5.41, 5.74) is 7.25. The van der Waals surface area contributed by atoms with E-state index in [1.54, 1.807) is 18.6 Å². The predicted octanol–water partition coefficient (Wildman–Crippen LogP) is 5.09. The number of halogens is 1. The standard InChI is InChI=1S/C31H29FN10O/c1-42(2)10-9-34-21-12-18(11-20(32)14-21)23-7-8-35-29-26(23)38-30(39-29)28-27-25(40-41-28)6-5-24(37-27)19-13-22(16-33-15-19)36-31(43)17-3-4-17/h5-8,11-17,34H,3-4,9-10H2,1-2H3,(H,36,43)(H,40,41)(H,35,38,39). The first-order chi connectivity index (χ1) is 20.9. The fraction of sp³-hybridized carbons (Fsp3) is 0.226. The number of H-pyrrole nitrogens is 2. The number of carbonyl (C=O) groups excluding carboxylic acids is 1. The van der Waals surface area contributed by atoms with Gasteiger partial charge in [-0.1, -0.05) is 0 Å². The highest BCUT2D eigenvalue weighted by Gasteiger charge is 2.29. The van der Waals surface area contributed by atoms with Crippen LogP contribution >= 0.6 is 0 Å². The lowest BCUT2D eigenvalue weighted by Gasteiger charge is -2.13. The van der Waals surface area contributed by atoms with Gasteiger partial charge in [0.25, 0.3) is 0 Å². The van der Waals surface area contributed by atoms with Crippen LogP contribution in [0, 0.1) is 11.7 Å². The van der Waals surface area contributed by atoms with Crippen LogP contribution in [0.3, 0.4) is 0 Å². The summed E-state index contributed by atoms with van der Waals surface area (Å²) in [6.07, 6.45) is 6.85. The predicted molar refractivity (Wildman–Crippen MR) is 164 cm³/mol. The van der Waals surface area contributed by atoms with Crippen LogP contribution in [0.15, 0.2) is 61.1 Å². The number of hydrogen-bond donors (Lipinski definition) is 4. The van der Waals surface area contributed by atoms with Crippen molar-refractivity contribution in [2.24, 2.45) is 5.92 Å². The van der Waals surface area contributed by atoms with Gasteiger partial charge in [-0.15, -0.1) is 0 Å². The van der Waals surface area contributed by atoms with Crippen LogP contribution < -0.4 is 10.6 Å². The van der Waals surface area contributed by atoms with Crippen LogP contribution in [-0.2, 0) is 4.79 Å². The topological polar surface area (TPSA) is 140 Å². The lowest BCUT2D eigenvalue weighted by Crippen LogP contribution is -2.20. The van der Waals surface area contributed by atoms with Gasteiger partial charge < -0.3 is 20.5 Å². The summed E-state index contributed by atoms with van der Waals surface area (Å²) in [5, 5.41) is 13.8. The molecule has 4 N–H and O–H groups in total. The molecule has 12 heteroatoms. The second kappa shape index (κ2) is 10.9. The van der Waals surface area contributed by atoms with Gasteiger partial charge in [-0.3, -0.25) is 14.9 Å². The molecule has 0 spiro atoms. The molecule has 1 aliphatic rings. The normalized spacial score (nSPS) is 13.2. The maximum atomic E-state index is 14.7. The second-order valence-electron chi connectivity index (χ2n) is 11.0. The molecule has 43 heavy (non-hydrogen) atoms. The summed E-state index contributed by atoms with van der Waals surface area (Å²) in [4.78, 5) is 36.0. The molecule has 1 fully saturated rings. The minimum Gasteiger partial charge on any atom is -0.384 e. The van der Waals surface area contributed by atoms with Gasteiger partial charge in [0.15, 0.2) is 17.2 Å². The number of amides is 1. The van der Waals surface area contributed by atoms with E-state index < -0.39 is 0 Å². The van der Waals surface area contributed by atoms with Crippen molar-refractivity contribution >= 4 is 39.5 Å². The Kier molecular flexibility index (Phi) is 6.74. The molecule has 11 nitrogen and oxygen atoms in total. The zero-order chi connectivity index (χ0) is 29.5. The van der Waals surface area contributed by atoms with Gasteiger partial charge in [0.1, 0.15) is 11.3 Å². The maximum absolute atomic E-state index is 14.7. The molecule has 0 atom stereocenters. The molecule has 216 valence electrons. The van der Waals surface area contributed by atoms with E-state index in [0.717, 1.165) is 36.0 Å². The highest BCUT2D eigenvalue weighted by Crippen LogP contribution is 2.33. The molecule has 0 aliphatic heterocycles. The van der Waals surface area contributed by atoms with E-state index >= 15 is 0 Å². The van der Waals surface area contributed by atoms with E-state index in [4.69, 9.17) is 9.97 Å². The third-order valence-electron chi connectivity index (χ3n) is 7.37. The lowest BCUT2D eigenvalue weighted by molar-refractivity contribution is -0.117. The van der Waals surface area contributed by atoms with Crippen molar-refractivity contribution in [2.75, 3.05) is 37.8 Å². The Morgan fingerprint density at radius 3 is 2.74 bits per heavy atom. The number of likely N-dealkylation sites (N-methyl/N-ethyl adjacent to an activating group) is 1. The first kappa shape index (κ1) is 26.7. The van der Waals surface area contributed by atoms with Gasteiger partial charge in [-0.2, -0.15) is 5.10 Å². The van der Waals surface area contributed by atoms with E-state index in [2.05, 4.69) is 40.7 Å². The third kappa shape index (κ3) is 5.52. The molecule has 1 amide bonds. The average molecular weight is 577 g/mol. The number of fused-ring (bicyclic) bond motifs is 2. The smallest absolute Gasteiger partial charge is 0.227 e. The number of hydrogen-bond acceptors (Lipinski definition) is 8. The maximum Gasteiger partial charge on any atom is 0.227 e. The van der Waals surface area contributed by atoms with E-state index in [1.165, 1.54) is 12.1 Å². The summed E-state index contributed by atoms with van der Waals surface area (Å²) in [5.74, 6) is 0.260. The van der Waals surface area contributed by atoms with Crippen molar-refractivity contribution in [2.45, 2.75) is 12.8 Å². The van der Waals surface area contributed by atoms with Crippen molar-refractivity contribution in [3.05, 3.63) is 66.9 Å². The van der Waals surface area contributed by atoms with Crippen LogP contribution in [0.2, 0.25) is 0 Å². The Morgan fingerprint density at radius 2 is 1.91 bits per heavy atom. The Balaban J connectivity index is 1.23. The average Bonchev–Trinajstić information content (AvgIpc) is 3.62. The number of aromatic nitrogens is 7. The summed E-state index contributed by atoms with van der Waals surface area (Å²) < 4.78 is 14.7. The molecule has 0 saturated heterocycles. The number of pyridine rings is 3. The lowest BCUT2D eigenvalue weighted by atomic mass is 10.0. The molecule has 5 aromatic heterocycles. The Labute approximate surface area is 246 Å². The number of carbonyl (C=O) groups is 1. The van der Waals surface area contributed by atoms with E-state index in [1.807, 2.05) is 44.4 Å². The van der Waals surface area contributed by atoms with Crippen molar-refractivity contribution < 1.29 is 9.18 Å². The summed E-state index contributed by atoms with van der Waals surface area (Å²) >= 11 is 0. The summed E-state index contributed by atoms with van der Waals surface area (Å²) in [6, 6.07) is 12.4. The van der Waals surface area contributed by atoms with E-state index in [0.29, 0.717) is 57.4 Å². The van der Waals surface area contributed by atoms with Gasteiger partial charge in [0, 0.05) is 48.2 Å². The van der Waals surface area contributed by atoms with Crippen LogP contribution in [0.4, 0.5) is 15.8 Å². The summed E-state index contributed by atoms with van der Waals surface area (Å²) in [6.45, 7) is 1.51. The highest BCUT2D eigenvalue weighted by atomic mass is 19.1. The molecule has 1 aliphatic carbocycles. The van der Waals surface area contributed by atoms with Crippen LogP contribution in [-0.4, -0.2) is 73.1 Å². The molecule has 1 saturated carbocycles. The largest absolute Gasteiger partial charge is 0.384 e. The molecule has 5 heterocycles. The number of nitrogens with zero attached hydrogens (tertiary/aromatic N) is 6.